The van der Waals surface area contributed by atoms with E-state index in [0.717, 1.165) is 30.6 Å². The summed E-state index contributed by atoms with van der Waals surface area (Å²) in [5, 5.41) is -0.0737. The predicted molar refractivity (Wildman–Crippen MR) is 71.3 cm³/mol. The summed E-state index contributed by atoms with van der Waals surface area (Å²) in [4.78, 5) is 1.08. The maximum Gasteiger partial charge on any atom is 0.250 e. The lowest BCUT2D eigenvalue weighted by Gasteiger charge is -2.14. The van der Waals surface area contributed by atoms with Crippen molar-refractivity contribution in [2.45, 2.75) is 48.2 Å². The number of aryl methyl sites for hydroxylation is 1. The van der Waals surface area contributed by atoms with Crippen LogP contribution >= 0.6 is 22.9 Å². The van der Waals surface area contributed by atoms with Crippen LogP contribution in [-0.4, -0.2) is 19.8 Å². The molecule has 2 rings (SSSR count). The smallest absolute Gasteiger partial charge is 0.206 e. The quantitative estimate of drug-likeness (QED) is 0.868. The summed E-state index contributed by atoms with van der Waals surface area (Å²) >= 11 is 7.41. The van der Waals surface area contributed by atoms with Gasteiger partial charge in [0.15, 0.2) is 0 Å². The standard InChI is InChI=1S/C11H16ClNO2S2/c1-2-8-6-7-11(16-8)17(14,15)13-10-5-3-4-9(10)12/h6-7,9-10,13H,2-5H2,1H3. The summed E-state index contributed by atoms with van der Waals surface area (Å²) in [6.45, 7) is 2.02. The normalized spacial score (nSPS) is 25.3. The van der Waals surface area contributed by atoms with Gasteiger partial charge in [-0.15, -0.1) is 22.9 Å². The molecule has 3 nitrogen and oxygen atoms in total. The monoisotopic (exact) mass is 293 g/mol. The van der Waals surface area contributed by atoms with Crippen molar-refractivity contribution < 1.29 is 8.42 Å². The molecule has 0 aliphatic heterocycles. The number of alkyl halides is 1. The number of nitrogens with one attached hydrogen (secondary N) is 1. The second kappa shape index (κ2) is 5.26. The van der Waals surface area contributed by atoms with E-state index in [4.69, 9.17) is 11.6 Å². The zero-order chi connectivity index (χ0) is 12.5. The Labute approximate surface area is 111 Å². The van der Waals surface area contributed by atoms with Gasteiger partial charge < -0.3 is 0 Å². The molecule has 1 fully saturated rings. The average molecular weight is 294 g/mol. The molecule has 0 radical (unpaired) electrons. The lowest BCUT2D eigenvalue weighted by molar-refractivity contribution is 0.555. The van der Waals surface area contributed by atoms with E-state index in [1.165, 1.54) is 11.3 Å². The van der Waals surface area contributed by atoms with E-state index < -0.39 is 10.0 Å². The average Bonchev–Trinajstić information content (AvgIpc) is 2.88. The Morgan fingerprint density at radius 3 is 2.76 bits per heavy atom. The van der Waals surface area contributed by atoms with Crippen LogP contribution in [0.1, 0.15) is 31.1 Å². The van der Waals surface area contributed by atoms with Crippen LogP contribution in [0.25, 0.3) is 0 Å². The molecule has 1 aliphatic carbocycles. The molecule has 1 aliphatic rings. The molecule has 1 saturated carbocycles. The second-order valence-electron chi connectivity index (χ2n) is 4.25. The minimum absolute atomic E-state index is 0.0737. The highest BCUT2D eigenvalue weighted by Gasteiger charge is 2.30. The van der Waals surface area contributed by atoms with Gasteiger partial charge in [0.05, 0.1) is 0 Å². The van der Waals surface area contributed by atoms with Crippen molar-refractivity contribution in [1.29, 1.82) is 0 Å². The van der Waals surface area contributed by atoms with Gasteiger partial charge in [0, 0.05) is 16.3 Å². The first-order chi connectivity index (χ1) is 8.03. The first-order valence-electron chi connectivity index (χ1n) is 5.78. The third-order valence-electron chi connectivity index (χ3n) is 2.99. The number of sulfonamides is 1. The van der Waals surface area contributed by atoms with Crippen molar-refractivity contribution >= 4 is 33.0 Å². The number of hydrogen-bond acceptors (Lipinski definition) is 3. The Bertz CT molecular complexity index is 483. The Balaban J connectivity index is 2.13. The maximum absolute atomic E-state index is 12.1. The molecule has 0 spiro atoms. The molecular weight excluding hydrogens is 278 g/mol. The SMILES string of the molecule is CCc1ccc(S(=O)(=O)NC2CCCC2Cl)s1. The van der Waals surface area contributed by atoms with Crippen molar-refractivity contribution in [3.63, 3.8) is 0 Å². The molecule has 1 heterocycles. The molecular formula is C11H16ClNO2S2. The molecule has 0 saturated heterocycles. The van der Waals surface area contributed by atoms with Gasteiger partial charge in [-0.3, -0.25) is 0 Å². The first kappa shape index (κ1) is 13.3. The van der Waals surface area contributed by atoms with Gasteiger partial charge in [0.2, 0.25) is 10.0 Å². The summed E-state index contributed by atoms with van der Waals surface area (Å²) in [6.07, 6.45) is 3.58. The zero-order valence-electron chi connectivity index (χ0n) is 9.65. The summed E-state index contributed by atoms with van der Waals surface area (Å²) in [5.41, 5.74) is 0. The largest absolute Gasteiger partial charge is 0.250 e. The summed E-state index contributed by atoms with van der Waals surface area (Å²) in [6, 6.07) is 3.42. The number of hydrogen-bond donors (Lipinski definition) is 1. The molecule has 1 aromatic rings. The Morgan fingerprint density at radius 2 is 2.24 bits per heavy atom. The third-order valence-corrected chi connectivity index (χ3v) is 6.72. The van der Waals surface area contributed by atoms with Crippen LogP contribution in [-0.2, 0) is 16.4 Å². The van der Waals surface area contributed by atoms with Gasteiger partial charge in [0.25, 0.3) is 0 Å². The van der Waals surface area contributed by atoms with Crippen molar-refractivity contribution in [1.82, 2.24) is 4.72 Å². The van der Waals surface area contributed by atoms with Crippen LogP contribution in [0.5, 0.6) is 0 Å². The number of rotatable bonds is 4. The Morgan fingerprint density at radius 1 is 1.47 bits per heavy atom. The van der Waals surface area contributed by atoms with Gasteiger partial charge in [-0.05, 0) is 31.4 Å². The number of halogens is 1. The van der Waals surface area contributed by atoms with E-state index >= 15 is 0 Å². The fourth-order valence-corrected chi connectivity index (χ4v) is 5.04. The van der Waals surface area contributed by atoms with E-state index in [1.54, 1.807) is 6.07 Å². The Kier molecular flexibility index (Phi) is 4.13. The molecule has 96 valence electrons. The molecule has 1 aromatic heterocycles. The zero-order valence-corrected chi connectivity index (χ0v) is 12.0. The van der Waals surface area contributed by atoms with Crippen LogP contribution < -0.4 is 4.72 Å². The van der Waals surface area contributed by atoms with Gasteiger partial charge in [-0.25, -0.2) is 13.1 Å². The summed E-state index contributed by atoms with van der Waals surface area (Å²) in [5.74, 6) is 0. The predicted octanol–water partition coefficient (Wildman–Crippen LogP) is 2.75. The van der Waals surface area contributed by atoms with Crippen LogP contribution in [0.3, 0.4) is 0 Å². The highest BCUT2D eigenvalue weighted by Crippen LogP contribution is 2.27. The molecule has 0 aromatic carbocycles. The third kappa shape index (κ3) is 3.02. The fourth-order valence-electron chi connectivity index (χ4n) is 2.00. The van der Waals surface area contributed by atoms with E-state index in [0.29, 0.717) is 4.21 Å². The van der Waals surface area contributed by atoms with Crippen LogP contribution in [0, 0.1) is 0 Å². The van der Waals surface area contributed by atoms with Gasteiger partial charge in [-0.1, -0.05) is 13.3 Å². The van der Waals surface area contributed by atoms with Crippen LogP contribution in [0.2, 0.25) is 0 Å². The number of thiophene rings is 1. The molecule has 0 bridgehead atoms. The fraction of sp³-hybridized carbons (Fsp3) is 0.636. The van der Waals surface area contributed by atoms with E-state index in [2.05, 4.69) is 4.72 Å². The van der Waals surface area contributed by atoms with Gasteiger partial charge in [-0.2, -0.15) is 0 Å². The molecule has 2 atom stereocenters. The van der Waals surface area contributed by atoms with Crippen LogP contribution in [0.4, 0.5) is 0 Å². The highest BCUT2D eigenvalue weighted by molar-refractivity contribution is 7.91. The lowest BCUT2D eigenvalue weighted by Crippen LogP contribution is -2.37. The van der Waals surface area contributed by atoms with Crippen molar-refractivity contribution in [3.05, 3.63) is 17.0 Å². The minimum atomic E-state index is -3.38. The van der Waals surface area contributed by atoms with Crippen molar-refractivity contribution in [2.24, 2.45) is 0 Å². The Hall–Kier alpha value is -0.100. The molecule has 6 heteroatoms. The van der Waals surface area contributed by atoms with E-state index in [-0.39, 0.29) is 11.4 Å². The van der Waals surface area contributed by atoms with E-state index in [1.807, 2.05) is 13.0 Å². The van der Waals surface area contributed by atoms with Crippen LogP contribution in [0.15, 0.2) is 16.3 Å². The van der Waals surface area contributed by atoms with E-state index in [9.17, 15) is 8.42 Å². The van der Waals surface area contributed by atoms with Crippen molar-refractivity contribution in [3.8, 4) is 0 Å². The highest BCUT2D eigenvalue weighted by atomic mass is 35.5. The summed E-state index contributed by atoms with van der Waals surface area (Å²) < 4.78 is 27.3. The maximum atomic E-state index is 12.1. The van der Waals surface area contributed by atoms with Gasteiger partial charge >= 0.3 is 0 Å². The molecule has 17 heavy (non-hydrogen) atoms. The minimum Gasteiger partial charge on any atom is -0.206 e. The topological polar surface area (TPSA) is 46.2 Å². The molecule has 0 amide bonds. The second-order valence-corrected chi connectivity index (χ2v) is 7.92. The molecule has 2 unspecified atom stereocenters. The first-order valence-corrected chi connectivity index (χ1v) is 8.51. The lowest BCUT2D eigenvalue weighted by atomic mass is 10.3. The van der Waals surface area contributed by atoms with Gasteiger partial charge in [0.1, 0.15) is 4.21 Å². The summed E-state index contributed by atoms with van der Waals surface area (Å²) in [7, 11) is -3.38. The molecule has 1 N–H and O–H groups in total. The van der Waals surface area contributed by atoms with Crippen molar-refractivity contribution in [2.75, 3.05) is 0 Å².